The van der Waals surface area contributed by atoms with Gasteiger partial charge < -0.3 is 16.0 Å². The molecule has 0 saturated carbocycles. The summed E-state index contributed by atoms with van der Waals surface area (Å²) in [5, 5.41) is 3.52. The highest BCUT2D eigenvalue weighted by atomic mass is 16.1. The van der Waals surface area contributed by atoms with E-state index in [0.29, 0.717) is 17.4 Å². The van der Waals surface area contributed by atoms with Crippen LogP contribution in [0, 0.1) is 0 Å². The zero-order valence-electron chi connectivity index (χ0n) is 11.4. The second-order valence-electron chi connectivity index (χ2n) is 4.92. The van der Waals surface area contributed by atoms with Crippen molar-refractivity contribution < 1.29 is 4.79 Å². The minimum atomic E-state index is -0.418. The van der Waals surface area contributed by atoms with Crippen molar-refractivity contribution >= 4 is 11.7 Å². The van der Waals surface area contributed by atoms with E-state index in [-0.39, 0.29) is 0 Å². The zero-order chi connectivity index (χ0) is 13.7. The summed E-state index contributed by atoms with van der Waals surface area (Å²) in [6, 6.07) is 3.95. The standard InChI is InChI=1S/C14H22N4O/c1-2-18(10-11-6-3-4-8-16-11)14-12(13(15)19)7-5-9-17-14/h5,7,9,11,16H,2-4,6,8,10H2,1H3,(H2,15,19). The van der Waals surface area contributed by atoms with Crippen molar-refractivity contribution in [3.63, 3.8) is 0 Å². The number of piperidine rings is 1. The number of likely N-dealkylation sites (N-methyl/N-ethyl adjacent to an activating group) is 1. The summed E-state index contributed by atoms with van der Waals surface area (Å²) in [7, 11) is 0. The number of aromatic nitrogens is 1. The molecule has 0 aromatic carbocycles. The second-order valence-corrected chi connectivity index (χ2v) is 4.92. The Labute approximate surface area is 114 Å². The van der Waals surface area contributed by atoms with Crippen molar-refractivity contribution in [3.05, 3.63) is 23.9 Å². The van der Waals surface area contributed by atoms with Gasteiger partial charge in [0.2, 0.25) is 0 Å². The van der Waals surface area contributed by atoms with Crippen molar-refractivity contribution in [2.75, 3.05) is 24.5 Å². The van der Waals surface area contributed by atoms with Gasteiger partial charge in [0.25, 0.3) is 5.91 Å². The van der Waals surface area contributed by atoms with E-state index in [4.69, 9.17) is 5.73 Å². The first-order valence-electron chi connectivity index (χ1n) is 6.95. The molecular weight excluding hydrogens is 240 g/mol. The maximum absolute atomic E-state index is 11.5. The van der Waals surface area contributed by atoms with E-state index < -0.39 is 5.91 Å². The lowest BCUT2D eigenvalue weighted by Gasteiger charge is -2.31. The lowest BCUT2D eigenvalue weighted by Crippen LogP contribution is -2.44. The number of nitrogens with two attached hydrogens (primary N) is 1. The van der Waals surface area contributed by atoms with Crippen LogP contribution < -0.4 is 16.0 Å². The molecule has 0 spiro atoms. The summed E-state index contributed by atoms with van der Waals surface area (Å²) >= 11 is 0. The third kappa shape index (κ3) is 3.44. The summed E-state index contributed by atoms with van der Waals surface area (Å²) in [4.78, 5) is 17.9. The highest BCUT2D eigenvalue weighted by Crippen LogP contribution is 2.18. The summed E-state index contributed by atoms with van der Waals surface area (Å²) in [5.74, 6) is 0.281. The number of pyridine rings is 1. The quantitative estimate of drug-likeness (QED) is 0.835. The van der Waals surface area contributed by atoms with Crippen LogP contribution >= 0.6 is 0 Å². The molecule has 2 rings (SSSR count). The Morgan fingerprint density at radius 3 is 3.05 bits per heavy atom. The predicted molar refractivity (Wildman–Crippen MR) is 76.3 cm³/mol. The largest absolute Gasteiger partial charge is 0.365 e. The van der Waals surface area contributed by atoms with Gasteiger partial charge in [0.1, 0.15) is 5.82 Å². The van der Waals surface area contributed by atoms with Crippen LogP contribution in [0.15, 0.2) is 18.3 Å². The summed E-state index contributed by atoms with van der Waals surface area (Å²) in [6.45, 7) is 4.83. The molecule has 1 unspecified atom stereocenters. The first kappa shape index (κ1) is 13.8. The average Bonchev–Trinajstić information content (AvgIpc) is 2.46. The highest BCUT2D eigenvalue weighted by Gasteiger charge is 2.20. The van der Waals surface area contributed by atoms with Gasteiger partial charge >= 0.3 is 0 Å². The van der Waals surface area contributed by atoms with Gasteiger partial charge in [-0.25, -0.2) is 4.98 Å². The lowest BCUT2D eigenvalue weighted by atomic mass is 10.0. The second kappa shape index (κ2) is 6.52. The van der Waals surface area contributed by atoms with Gasteiger partial charge in [-0.3, -0.25) is 4.79 Å². The number of rotatable bonds is 5. The van der Waals surface area contributed by atoms with Gasteiger partial charge in [0.15, 0.2) is 0 Å². The van der Waals surface area contributed by atoms with Crippen molar-refractivity contribution in [1.29, 1.82) is 0 Å². The monoisotopic (exact) mass is 262 g/mol. The number of nitrogens with zero attached hydrogens (tertiary/aromatic N) is 2. The molecule has 1 fully saturated rings. The maximum Gasteiger partial charge on any atom is 0.252 e. The Kier molecular flexibility index (Phi) is 4.74. The van der Waals surface area contributed by atoms with Crippen molar-refractivity contribution in [3.8, 4) is 0 Å². The average molecular weight is 262 g/mol. The zero-order valence-corrected chi connectivity index (χ0v) is 11.4. The van der Waals surface area contributed by atoms with E-state index in [1.807, 2.05) is 0 Å². The number of nitrogens with one attached hydrogen (secondary N) is 1. The number of anilines is 1. The fourth-order valence-corrected chi connectivity index (χ4v) is 2.55. The van der Waals surface area contributed by atoms with Crippen LogP contribution in [0.5, 0.6) is 0 Å². The lowest BCUT2D eigenvalue weighted by molar-refractivity contribution is 0.100. The molecule has 0 aliphatic carbocycles. The third-order valence-electron chi connectivity index (χ3n) is 3.59. The number of primary amides is 1. The number of amides is 1. The molecule has 5 nitrogen and oxygen atoms in total. The van der Waals surface area contributed by atoms with Gasteiger partial charge in [-0.1, -0.05) is 6.42 Å². The van der Waals surface area contributed by atoms with Gasteiger partial charge in [-0.05, 0) is 38.4 Å². The molecule has 2 heterocycles. The molecule has 1 aliphatic heterocycles. The van der Waals surface area contributed by atoms with E-state index in [2.05, 4.69) is 22.1 Å². The summed E-state index contributed by atoms with van der Waals surface area (Å²) in [6.07, 6.45) is 5.40. The molecule has 1 aliphatic rings. The molecule has 0 bridgehead atoms. The molecular formula is C14H22N4O. The molecule has 1 amide bonds. The van der Waals surface area contributed by atoms with E-state index in [0.717, 1.165) is 19.6 Å². The van der Waals surface area contributed by atoms with E-state index in [1.165, 1.54) is 19.3 Å². The number of hydrogen-bond acceptors (Lipinski definition) is 4. The summed E-state index contributed by atoms with van der Waals surface area (Å²) < 4.78 is 0. The van der Waals surface area contributed by atoms with Gasteiger partial charge in [-0.15, -0.1) is 0 Å². The first-order valence-corrected chi connectivity index (χ1v) is 6.95. The fraction of sp³-hybridized carbons (Fsp3) is 0.571. The van der Waals surface area contributed by atoms with Crippen molar-refractivity contribution in [1.82, 2.24) is 10.3 Å². The molecule has 104 valence electrons. The van der Waals surface area contributed by atoms with Gasteiger partial charge in [0, 0.05) is 25.3 Å². The molecule has 0 radical (unpaired) electrons. The van der Waals surface area contributed by atoms with Gasteiger partial charge in [-0.2, -0.15) is 0 Å². The highest BCUT2D eigenvalue weighted by molar-refractivity contribution is 5.97. The summed E-state index contributed by atoms with van der Waals surface area (Å²) in [5.41, 5.74) is 5.92. The molecule has 1 aromatic heterocycles. The van der Waals surface area contributed by atoms with E-state index >= 15 is 0 Å². The van der Waals surface area contributed by atoms with Crippen LogP contribution in [0.25, 0.3) is 0 Å². The smallest absolute Gasteiger partial charge is 0.252 e. The van der Waals surface area contributed by atoms with Gasteiger partial charge in [0.05, 0.1) is 5.56 Å². The van der Waals surface area contributed by atoms with E-state index in [9.17, 15) is 4.79 Å². The topological polar surface area (TPSA) is 71.2 Å². The molecule has 1 saturated heterocycles. The number of carbonyl (C=O) groups excluding carboxylic acids is 1. The Morgan fingerprint density at radius 1 is 1.58 bits per heavy atom. The van der Waals surface area contributed by atoms with E-state index in [1.54, 1.807) is 18.3 Å². The van der Waals surface area contributed by atoms with Crippen LogP contribution in [-0.2, 0) is 0 Å². The number of hydrogen-bond donors (Lipinski definition) is 2. The number of carbonyl (C=O) groups is 1. The Hall–Kier alpha value is -1.62. The van der Waals surface area contributed by atoms with Crippen LogP contribution in [0.3, 0.4) is 0 Å². The van der Waals surface area contributed by atoms with Crippen LogP contribution in [0.4, 0.5) is 5.82 Å². The predicted octanol–water partition coefficient (Wildman–Crippen LogP) is 1.15. The Balaban J connectivity index is 2.14. The molecule has 3 N–H and O–H groups in total. The Morgan fingerprint density at radius 2 is 2.42 bits per heavy atom. The fourth-order valence-electron chi connectivity index (χ4n) is 2.55. The molecule has 5 heteroatoms. The molecule has 1 aromatic rings. The Bertz CT molecular complexity index is 429. The van der Waals surface area contributed by atoms with Crippen molar-refractivity contribution in [2.45, 2.75) is 32.2 Å². The van der Waals surface area contributed by atoms with Crippen LogP contribution in [0.2, 0.25) is 0 Å². The van der Waals surface area contributed by atoms with Crippen molar-refractivity contribution in [2.24, 2.45) is 5.73 Å². The first-order chi connectivity index (χ1) is 9.22. The normalized spacial score (nSPS) is 19.1. The molecule has 1 atom stereocenters. The van der Waals surface area contributed by atoms with Crippen LogP contribution in [-0.4, -0.2) is 36.6 Å². The minimum absolute atomic E-state index is 0.418. The SMILES string of the molecule is CCN(CC1CCCCN1)c1ncccc1C(N)=O. The minimum Gasteiger partial charge on any atom is -0.365 e. The molecule has 19 heavy (non-hydrogen) atoms. The maximum atomic E-state index is 11.5. The van der Waals surface area contributed by atoms with Crippen LogP contribution in [0.1, 0.15) is 36.5 Å². The third-order valence-corrected chi connectivity index (χ3v) is 3.59.